The molecule has 0 aliphatic carbocycles. The lowest BCUT2D eigenvalue weighted by atomic mass is 9.99. The van der Waals surface area contributed by atoms with Gasteiger partial charge < -0.3 is 31.5 Å². The number of rotatable bonds is 15. The average Bonchev–Trinajstić information content (AvgIpc) is 3.48. The topological polar surface area (TPSA) is 156 Å². The Balaban J connectivity index is 1.28. The summed E-state index contributed by atoms with van der Waals surface area (Å²) < 4.78 is 5.97. The number of nitrogens with two attached hydrogens (primary N) is 2. The quantitative estimate of drug-likeness (QED) is 0.185. The summed E-state index contributed by atoms with van der Waals surface area (Å²) in [5.74, 6) is 0.342. The maximum absolute atomic E-state index is 12.3. The number of ketones is 1. The van der Waals surface area contributed by atoms with Crippen molar-refractivity contribution in [2.24, 2.45) is 16.5 Å². The Kier molecular flexibility index (Phi) is 10.2. The second-order valence-corrected chi connectivity index (χ2v) is 10.7. The Morgan fingerprint density at radius 3 is 2.73 bits per heavy atom. The summed E-state index contributed by atoms with van der Waals surface area (Å²) in [7, 11) is 0. The smallest absolute Gasteiger partial charge is 0.227 e. The van der Waals surface area contributed by atoms with E-state index in [4.69, 9.17) is 16.2 Å². The van der Waals surface area contributed by atoms with Crippen molar-refractivity contribution in [1.82, 2.24) is 0 Å². The molecule has 214 valence electrons. The highest BCUT2D eigenvalue weighted by molar-refractivity contribution is 5.87. The highest BCUT2D eigenvalue weighted by Gasteiger charge is 2.29. The Morgan fingerprint density at radius 2 is 1.95 bits per heavy atom. The number of fused-ring (bicyclic) bond motifs is 1. The predicted octanol–water partition coefficient (Wildman–Crippen LogP) is 1.81. The minimum atomic E-state index is -0.834. The molecule has 0 saturated carbocycles. The summed E-state index contributed by atoms with van der Waals surface area (Å²) in [6.07, 6.45) is 5.19. The van der Waals surface area contributed by atoms with Gasteiger partial charge in [0, 0.05) is 24.6 Å². The molecule has 2 heterocycles. The Hall–Kier alpha value is -3.34. The highest BCUT2D eigenvalue weighted by Crippen LogP contribution is 2.28. The number of allylic oxidation sites excluding steroid dienone is 1. The molecule has 2 aliphatic rings. The molecule has 9 heteroatoms. The third-order valence-corrected chi connectivity index (χ3v) is 7.29. The van der Waals surface area contributed by atoms with Crippen LogP contribution in [0.5, 0.6) is 11.5 Å². The Morgan fingerprint density at radius 1 is 1.12 bits per heavy atom. The standard InChI is InChI=1S/C31H40N4O5/c1-2-4-24(36)14-26(38)15-25(37)9-7-20-8-10-29(39)30(13-20)40-19-35-17-27-23(16-34-28(27)18-35)12-21-5-3-6-22(11-21)31(32)33/h3,5-6,8,10-11,13,16,18,24,26,31,36,38-39H,2,4,7,9,12,14-15,17,19,32-33H2,1H3/p+1/t24-,26+/m0/s1. The SMILES string of the molecule is CCC[C@H](O)C[C@@H](O)CC(=O)CCc1ccc(O)c(OC[NH+]2C=C3N=CC(Cc4cccc(C(N)N)c4)=C3C2)c1. The molecule has 2 aromatic carbocycles. The van der Waals surface area contributed by atoms with E-state index in [1.807, 2.05) is 37.5 Å². The molecule has 2 aliphatic heterocycles. The lowest BCUT2D eigenvalue weighted by Crippen LogP contribution is -3.07. The van der Waals surface area contributed by atoms with Crippen molar-refractivity contribution in [1.29, 1.82) is 0 Å². The molecular weight excluding hydrogens is 508 g/mol. The van der Waals surface area contributed by atoms with Gasteiger partial charge >= 0.3 is 0 Å². The Bertz CT molecular complexity index is 1290. The molecule has 0 aromatic heterocycles. The van der Waals surface area contributed by atoms with Crippen molar-refractivity contribution < 1.29 is 29.8 Å². The van der Waals surface area contributed by atoms with E-state index in [9.17, 15) is 20.1 Å². The average molecular weight is 550 g/mol. The van der Waals surface area contributed by atoms with Crippen LogP contribution < -0.4 is 21.1 Å². The number of aromatic hydroxyl groups is 1. The summed E-state index contributed by atoms with van der Waals surface area (Å²) >= 11 is 0. The number of benzene rings is 2. The van der Waals surface area contributed by atoms with Crippen LogP contribution in [0.1, 0.15) is 61.9 Å². The van der Waals surface area contributed by atoms with Crippen LogP contribution in [0.15, 0.2) is 70.5 Å². The number of ether oxygens (including phenoxy) is 1. The van der Waals surface area contributed by atoms with E-state index in [1.165, 1.54) is 5.57 Å². The summed E-state index contributed by atoms with van der Waals surface area (Å²) in [6, 6.07) is 13.1. The van der Waals surface area contributed by atoms with Gasteiger partial charge in [0.1, 0.15) is 24.2 Å². The molecule has 0 spiro atoms. The number of phenols is 1. The summed E-state index contributed by atoms with van der Waals surface area (Å²) in [5.41, 5.74) is 17.8. The number of nitrogens with one attached hydrogen (secondary N) is 1. The van der Waals surface area contributed by atoms with Crippen LogP contribution in [0.2, 0.25) is 0 Å². The molecule has 0 bridgehead atoms. The van der Waals surface area contributed by atoms with Gasteiger partial charge in [0.2, 0.25) is 6.73 Å². The number of aliphatic imine (C=N–C) groups is 1. The molecule has 2 aromatic rings. The first kappa shape index (κ1) is 29.6. The zero-order valence-electron chi connectivity index (χ0n) is 23.1. The monoisotopic (exact) mass is 549 g/mol. The van der Waals surface area contributed by atoms with Gasteiger partial charge in [0.05, 0.1) is 18.4 Å². The van der Waals surface area contributed by atoms with E-state index < -0.39 is 18.4 Å². The van der Waals surface area contributed by atoms with E-state index in [2.05, 4.69) is 11.1 Å². The number of phenolic OH excluding ortho intramolecular Hbond substituents is 1. The molecule has 0 amide bonds. The largest absolute Gasteiger partial charge is 0.504 e. The minimum absolute atomic E-state index is 0.0293. The maximum atomic E-state index is 12.3. The third-order valence-electron chi connectivity index (χ3n) is 7.29. The van der Waals surface area contributed by atoms with Crippen molar-refractivity contribution in [2.45, 2.75) is 70.2 Å². The normalized spacial score (nSPS) is 17.8. The number of quaternary nitrogens is 1. The van der Waals surface area contributed by atoms with Gasteiger partial charge in [-0.05, 0) is 60.1 Å². The van der Waals surface area contributed by atoms with E-state index in [0.29, 0.717) is 25.3 Å². The number of Topliss-reactive ketones (excluding diaryl/α,β-unsaturated/α-hetero) is 1. The minimum Gasteiger partial charge on any atom is -0.504 e. The van der Waals surface area contributed by atoms with E-state index in [1.54, 1.807) is 18.2 Å². The van der Waals surface area contributed by atoms with Crippen LogP contribution in [-0.2, 0) is 17.6 Å². The summed E-state index contributed by atoms with van der Waals surface area (Å²) in [5, 5.41) is 30.3. The lowest BCUT2D eigenvalue weighted by Gasteiger charge is -2.15. The van der Waals surface area contributed by atoms with Gasteiger partial charge in [-0.25, -0.2) is 0 Å². The molecule has 9 nitrogen and oxygen atoms in total. The number of carbonyl (C=O) groups is 1. The van der Waals surface area contributed by atoms with E-state index in [-0.39, 0.29) is 30.8 Å². The highest BCUT2D eigenvalue weighted by atomic mass is 16.5. The van der Waals surface area contributed by atoms with Gasteiger partial charge in [-0.2, -0.15) is 0 Å². The molecule has 1 unspecified atom stereocenters. The van der Waals surface area contributed by atoms with Crippen LogP contribution in [-0.4, -0.2) is 52.8 Å². The second-order valence-electron chi connectivity index (χ2n) is 10.7. The van der Waals surface area contributed by atoms with Gasteiger partial charge in [-0.15, -0.1) is 0 Å². The zero-order chi connectivity index (χ0) is 28.6. The predicted molar refractivity (Wildman–Crippen MR) is 154 cm³/mol. The third kappa shape index (κ3) is 8.09. The first-order chi connectivity index (χ1) is 19.2. The first-order valence-electron chi connectivity index (χ1n) is 14.0. The van der Waals surface area contributed by atoms with Gasteiger partial charge in [0.15, 0.2) is 11.5 Å². The van der Waals surface area contributed by atoms with Crippen molar-refractivity contribution in [3.63, 3.8) is 0 Å². The number of hydrogen-bond donors (Lipinski definition) is 6. The van der Waals surface area contributed by atoms with Gasteiger partial charge in [0.25, 0.3) is 0 Å². The lowest BCUT2D eigenvalue weighted by molar-refractivity contribution is -0.855. The van der Waals surface area contributed by atoms with Crippen molar-refractivity contribution >= 4 is 12.0 Å². The summed E-state index contributed by atoms with van der Waals surface area (Å²) in [6.45, 7) is 3.01. The fourth-order valence-corrected chi connectivity index (χ4v) is 5.14. The van der Waals surface area contributed by atoms with Crippen LogP contribution in [0, 0.1) is 0 Å². The number of carbonyl (C=O) groups excluding carboxylic acids is 1. The molecule has 4 rings (SSSR count). The van der Waals surface area contributed by atoms with Crippen LogP contribution >= 0.6 is 0 Å². The number of aliphatic hydroxyl groups excluding tert-OH is 2. The molecule has 3 atom stereocenters. The van der Waals surface area contributed by atoms with Gasteiger partial charge in [-0.3, -0.25) is 14.7 Å². The molecule has 0 fully saturated rings. The first-order valence-corrected chi connectivity index (χ1v) is 14.0. The molecule has 0 radical (unpaired) electrons. The van der Waals surface area contributed by atoms with Crippen LogP contribution in [0.25, 0.3) is 0 Å². The van der Waals surface area contributed by atoms with Crippen LogP contribution in [0.4, 0.5) is 0 Å². The maximum Gasteiger partial charge on any atom is 0.227 e. The van der Waals surface area contributed by atoms with Gasteiger partial charge in [-0.1, -0.05) is 43.7 Å². The molecule has 40 heavy (non-hydrogen) atoms. The van der Waals surface area contributed by atoms with Crippen LogP contribution in [0.3, 0.4) is 0 Å². The summed E-state index contributed by atoms with van der Waals surface area (Å²) in [4.78, 5) is 18.0. The molecular formula is C31H41N4O5+. The van der Waals surface area contributed by atoms with E-state index >= 15 is 0 Å². The second kappa shape index (κ2) is 13.8. The zero-order valence-corrected chi connectivity index (χ0v) is 23.1. The number of aliphatic hydroxyl groups is 2. The fourth-order valence-electron chi connectivity index (χ4n) is 5.14. The number of nitrogens with zero attached hydrogens (tertiary/aromatic N) is 1. The van der Waals surface area contributed by atoms with Crippen molar-refractivity contribution in [2.75, 3.05) is 13.3 Å². The number of aryl methyl sites for hydroxylation is 1. The molecule has 8 N–H and O–H groups in total. The molecule has 0 saturated heterocycles. The Labute approximate surface area is 235 Å². The number of hydrogen-bond acceptors (Lipinski definition) is 8. The van der Waals surface area contributed by atoms with Crippen molar-refractivity contribution in [3.05, 3.63) is 82.2 Å². The van der Waals surface area contributed by atoms with E-state index in [0.717, 1.165) is 52.2 Å². The van der Waals surface area contributed by atoms with Crippen molar-refractivity contribution in [3.8, 4) is 11.5 Å². The fraction of sp³-hybridized carbons (Fsp3) is 0.419.